The van der Waals surface area contributed by atoms with Gasteiger partial charge in [-0.3, -0.25) is 4.79 Å². The number of ether oxygens (including phenoxy) is 2. The zero-order valence-electron chi connectivity index (χ0n) is 12.3. The highest BCUT2D eigenvalue weighted by atomic mass is 19.1. The largest absolute Gasteiger partial charge is 0.352 e. The van der Waals surface area contributed by atoms with Crippen LogP contribution in [0.4, 0.5) is 8.78 Å². The minimum atomic E-state index is -0.813. The lowest BCUT2D eigenvalue weighted by Gasteiger charge is -2.34. The lowest BCUT2D eigenvalue weighted by Crippen LogP contribution is -2.37. The van der Waals surface area contributed by atoms with Gasteiger partial charge in [-0.15, -0.1) is 0 Å². The van der Waals surface area contributed by atoms with Crippen molar-refractivity contribution in [3.8, 4) is 0 Å². The van der Waals surface area contributed by atoms with E-state index in [1.165, 1.54) is 6.07 Å². The van der Waals surface area contributed by atoms with Crippen molar-refractivity contribution in [2.75, 3.05) is 13.2 Å². The van der Waals surface area contributed by atoms with E-state index in [0.717, 1.165) is 12.1 Å². The highest BCUT2D eigenvalue weighted by Crippen LogP contribution is 2.25. The molecule has 0 aliphatic carbocycles. The summed E-state index contributed by atoms with van der Waals surface area (Å²) in [6.45, 7) is 5.37. The van der Waals surface area contributed by atoms with E-state index in [9.17, 15) is 13.6 Å². The molecule has 21 heavy (non-hydrogen) atoms. The number of carbonyl (C=O) groups is 1. The maximum absolute atomic E-state index is 13.5. The Hall–Kier alpha value is -1.33. The third kappa shape index (κ3) is 4.58. The van der Waals surface area contributed by atoms with Crippen LogP contribution in [-0.4, -0.2) is 25.3 Å². The summed E-state index contributed by atoms with van der Waals surface area (Å²) in [4.78, 5) is 11.9. The van der Waals surface area contributed by atoms with E-state index in [2.05, 4.69) is 13.8 Å². The van der Waals surface area contributed by atoms with Gasteiger partial charge in [-0.1, -0.05) is 13.8 Å². The van der Waals surface area contributed by atoms with Crippen LogP contribution in [0.15, 0.2) is 18.2 Å². The Bertz CT molecular complexity index is 504. The second kappa shape index (κ2) is 6.62. The molecule has 1 aliphatic rings. The molecular weight excluding hydrogens is 278 g/mol. The normalized spacial score (nSPS) is 18.7. The number of rotatable bonds is 5. The number of hydrogen-bond acceptors (Lipinski definition) is 3. The van der Waals surface area contributed by atoms with Gasteiger partial charge in [0.2, 0.25) is 0 Å². The lowest BCUT2D eigenvalue weighted by molar-refractivity contribution is -0.223. The van der Waals surface area contributed by atoms with Crippen LogP contribution in [0.1, 0.15) is 43.5 Å². The molecule has 0 unspecified atom stereocenters. The van der Waals surface area contributed by atoms with E-state index in [-0.39, 0.29) is 29.5 Å². The molecule has 0 bridgehead atoms. The van der Waals surface area contributed by atoms with Gasteiger partial charge in [-0.25, -0.2) is 8.78 Å². The van der Waals surface area contributed by atoms with Gasteiger partial charge in [-0.05, 0) is 25.0 Å². The van der Waals surface area contributed by atoms with Crippen molar-refractivity contribution in [1.29, 1.82) is 0 Å². The number of halogens is 2. The van der Waals surface area contributed by atoms with Gasteiger partial charge in [0.15, 0.2) is 12.1 Å². The molecule has 0 atom stereocenters. The Balaban J connectivity index is 1.77. The molecule has 0 aromatic heterocycles. The van der Waals surface area contributed by atoms with Gasteiger partial charge in [0.25, 0.3) is 0 Å². The molecule has 0 amide bonds. The second-order valence-electron chi connectivity index (χ2n) is 6.16. The summed E-state index contributed by atoms with van der Waals surface area (Å²) in [5.41, 5.74) is -0.0492. The van der Waals surface area contributed by atoms with Crippen LogP contribution in [0.3, 0.4) is 0 Å². The van der Waals surface area contributed by atoms with Crippen molar-refractivity contribution in [1.82, 2.24) is 0 Å². The van der Waals surface area contributed by atoms with Gasteiger partial charge < -0.3 is 9.47 Å². The van der Waals surface area contributed by atoms with Crippen LogP contribution >= 0.6 is 0 Å². The predicted octanol–water partition coefficient (Wildman–Crippen LogP) is 3.72. The Kier molecular flexibility index (Phi) is 5.06. The van der Waals surface area contributed by atoms with Gasteiger partial charge in [0.05, 0.1) is 18.8 Å². The van der Waals surface area contributed by atoms with Crippen molar-refractivity contribution in [3.05, 3.63) is 35.4 Å². The standard InChI is InChI=1S/C16H20F2O3/c1-16(2)9-20-15(21-10-16)5-3-4-14(19)12-7-6-11(17)8-13(12)18/h6-8,15H,3-5,9-10H2,1-2H3. The minimum Gasteiger partial charge on any atom is -0.352 e. The zero-order chi connectivity index (χ0) is 15.5. The molecule has 1 aromatic carbocycles. The summed E-state index contributed by atoms with van der Waals surface area (Å²) < 4.78 is 37.4. The maximum atomic E-state index is 13.5. The van der Waals surface area contributed by atoms with Crippen molar-refractivity contribution < 1.29 is 23.0 Å². The molecule has 0 N–H and O–H groups in total. The number of Topliss-reactive ketones (excluding diaryl/α,β-unsaturated/α-hetero) is 1. The average molecular weight is 298 g/mol. The van der Waals surface area contributed by atoms with Crippen LogP contribution in [-0.2, 0) is 9.47 Å². The molecule has 0 saturated carbocycles. The first-order chi connectivity index (χ1) is 9.87. The summed E-state index contributed by atoms with van der Waals surface area (Å²) in [7, 11) is 0. The second-order valence-corrected chi connectivity index (χ2v) is 6.16. The van der Waals surface area contributed by atoms with Crippen molar-refractivity contribution in [2.45, 2.75) is 39.4 Å². The lowest BCUT2D eigenvalue weighted by atomic mass is 9.95. The number of carbonyl (C=O) groups excluding carboxylic acids is 1. The first-order valence-corrected chi connectivity index (χ1v) is 7.09. The fourth-order valence-corrected chi connectivity index (χ4v) is 2.17. The molecule has 3 nitrogen and oxygen atoms in total. The van der Waals surface area contributed by atoms with Crippen LogP contribution in [0.2, 0.25) is 0 Å². The number of hydrogen-bond donors (Lipinski definition) is 0. The molecule has 0 radical (unpaired) electrons. The van der Waals surface area contributed by atoms with Crippen LogP contribution < -0.4 is 0 Å². The third-order valence-corrected chi connectivity index (χ3v) is 3.40. The monoisotopic (exact) mass is 298 g/mol. The molecular formula is C16H20F2O3. The smallest absolute Gasteiger partial charge is 0.165 e. The SMILES string of the molecule is CC1(C)COC(CCCC(=O)c2ccc(F)cc2F)OC1. The quantitative estimate of drug-likeness (QED) is 0.777. The molecule has 116 valence electrons. The van der Waals surface area contributed by atoms with E-state index < -0.39 is 11.6 Å². The Morgan fingerprint density at radius 2 is 1.95 bits per heavy atom. The van der Waals surface area contributed by atoms with Crippen molar-refractivity contribution in [3.63, 3.8) is 0 Å². The van der Waals surface area contributed by atoms with Crippen molar-refractivity contribution in [2.24, 2.45) is 5.41 Å². The van der Waals surface area contributed by atoms with E-state index in [0.29, 0.717) is 26.1 Å². The van der Waals surface area contributed by atoms with E-state index >= 15 is 0 Å². The topological polar surface area (TPSA) is 35.5 Å². The van der Waals surface area contributed by atoms with Crippen molar-refractivity contribution >= 4 is 5.78 Å². The van der Waals surface area contributed by atoms with Crippen LogP contribution in [0.25, 0.3) is 0 Å². The summed E-state index contributed by atoms with van der Waals surface area (Å²) in [6.07, 6.45) is 1.02. The van der Waals surface area contributed by atoms with E-state index in [1.807, 2.05) is 0 Å². The zero-order valence-corrected chi connectivity index (χ0v) is 12.3. The molecule has 1 fully saturated rings. The Labute approximate surface area is 123 Å². The summed E-state index contributed by atoms with van der Waals surface area (Å²) >= 11 is 0. The summed E-state index contributed by atoms with van der Waals surface area (Å²) in [5.74, 6) is -1.83. The van der Waals surface area contributed by atoms with Crippen LogP contribution in [0, 0.1) is 17.0 Å². The fourth-order valence-electron chi connectivity index (χ4n) is 2.17. The predicted molar refractivity (Wildman–Crippen MR) is 74.0 cm³/mol. The highest BCUT2D eigenvalue weighted by molar-refractivity contribution is 5.96. The first kappa shape index (κ1) is 16.0. The fraction of sp³-hybridized carbons (Fsp3) is 0.562. The van der Waals surface area contributed by atoms with Gasteiger partial charge in [0.1, 0.15) is 11.6 Å². The van der Waals surface area contributed by atoms with E-state index in [1.54, 1.807) is 0 Å². The summed E-state index contributed by atoms with van der Waals surface area (Å²) in [6, 6.07) is 3.00. The molecule has 1 heterocycles. The molecule has 1 aliphatic heterocycles. The first-order valence-electron chi connectivity index (χ1n) is 7.09. The van der Waals surface area contributed by atoms with Gasteiger partial charge in [-0.2, -0.15) is 0 Å². The van der Waals surface area contributed by atoms with Crippen LogP contribution in [0.5, 0.6) is 0 Å². The average Bonchev–Trinajstić information content (AvgIpc) is 2.40. The van der Waals surface area contributed by atoms with Gasteiger partial charge >= 0.3 is 0 Å². The number of benzene rings is 1. The third-order valence-electron chi connectivity index (χ3n) is 3.40. The maximum Gasteiger partial charge on any atom is 0.165 e. The Morgan fingerprint density at radius 1 is 1.29 bits per heavy atom. The minimum absolute atomic E-state index is 0.0174. The summed E-state index contributed by atoms with van der Waals surface area (Å²) in [5, 5.41) is 0. The molecule has 2 rings (SSSR count). The van der Waals surface area contributed by atoms with E-state index in [4.69, 9.17) is 9.47 Å². The molecule has 1 aromatic rings. The number of ketones is 1. The van der Waals surface area contributed by atoms with Gasteiger partial charge in [0, 0.05) is 17.9 Å². The molecule has 0 spiro atoms. The molecule has 1 saturated heterocycles. The highest BCUT2D eigenvalue weighted by Gasteiger charge is 2.28. The Morgan fingerprint density at radius 3 is 2.57 bits per heavy atom. The molecule has 5 heteroatoms.